The van der Waals surface area contributed by atoms with E-state index in [1.807, 2.05) is 34.7 Å². The quantitative estimate of drug-likeness (QED) is 0.832. The third-order valence-electron chi connectivity index (χ3n) is 4.64. The van der Waals surface area contributed by atoms with Gasteiger partial charge in [0.1, 0.15) is 5.76 Å². The first-order valence-electron chi connectivity index (χ1n) is 7.51. The van der Waals surface area contributed by atoms with Crippen LogP contribution in [-0.2, 0) is 16.6 Å². The summed E-state index contributed by atoms with van der Waals surface area (Å²) in [5.41, 5.74) is -0.271. The Morgan fingerprint density at radius 3 is 2.57 bits per heavy atom. The summed E-state index contributed by atoms with van der Waals surface area (Å²) in [6.45, 7) is 7.69. The van der Waals surface area contributed by atoms with E-state index in [9.17, 15) is 9.90 Å². The summed E-state index contributed by atoms with van der Waals surface area (Å²) in [5.74, 6) is 0.690. The van der Waals surface area contributed by atoms with Gasteiger partial charge in [0.05, 0.1) is 24.3 Å². The largest absolute Gasteiger partial charge is 0.395 e. The van der Waals surface area contributed by atoms with Gasteiger partial charge in [-0.15, -0.1) is 0 Å². The van der Waals surface area contributed by atoms with Crippen molar-refractivity contribution in [2.24, 2.45) is 0 Å². The van der Waals surface area contributed by atoms with E-state index >= 15 is 0 Å². The monoisotopic (exact) mass is 294 g/mol. The Labute approximate surface area is 126 Å². The average molecular weight is 294 g/mol. The number of rotatable bonds is 7. The van der Waals surface area contributed by atoms with Gasteiger partial charge >= 0.3 is 0 Å². The molecular weight excluding hydrogens is 268 g/mol. The summed E-state index contributed by atoms with van der Waals surface area (Å²) < 4.78 is 5.27. The van der Waals surface area contributed by atoms with Crippen LogP contribution in [0.2, 0.25) is 0 Å². The Bertz CT molecular complexity index is 515. The van der Waals surface area contributed by atoms with Crippen LogP contribution in [0.4, 0.5) is 0 Å². The molecule has 0 aliphatic heterocycles. The number of carbonyl (C=O) groups excluding carboxylic acids is 1. The van der Waals surface area contributed by atoms with Gasteiger partial charge in [0.2, 0.25) is 0 Å². The minimum Gasteiger partial charge on any atom is -0.395 e. The van der Waals surface area contributed by atoms with Crippen molar-refractivity contribution in [2.45, 2.75) is 64.0 Å². The highest BCUT2D eigenvalue weighted by Gasteiger charge is 2.40. The molecule has 1 aromatic rings. The van der Waals surface area contributed by atoms with Gasteiger partial charge in [0.25, 0.3) is 0 Å². The number of aliphatic hydroxyl groups is 1. The molecule has 0 unspecified atom stereocenters. The summed E-state index contributed by atoms with van der Waals surface area (Å²) in [6.07, 6.45) is 2.58. The van der Waals surface area contributed by atoms with E-state index in [4.69, 9.17) is 4.52 Å². The third kappa shape index (κ3) is 3.35. The van der Waals surface area contributed by atoms with Crippen LogP contribution in [0.1, 0.15) is 52.0 Å². The lowest BCUT2D eigenvalue weighted by Crippen LogP contribution is -2.49. The first-order chi connectivity index (χ1) is 9.68. The van der Waals surface area contributed by atoms with Crippen LogP contribution < -0.4 is 0 Å². The number of aromatic nitrogens is 1. The standard InChI is InChI=1S/C16H26N2O3/c1-15(2,10-19)13-8-12(21-17-13)9-14(20)16(3,4)18(5)11-6-7-11/h8,11,19H,6-7,9-10H2,1-5H3. The Kier molecular flexibility index (Phi) is 4.26. The van der Waals surface area contributed by atoms with Gasteiger partial charge in [-0.05, 0) is 33.7 Å². The summed E-state index contributed by atoms with van der Waals surface area (Å²) in [7, 11) is 2.01. The maximum atomic E-state index is 12.6. The fraction of sp³-hybridized carbons (Fsp3) is 0.750. The fourth-order valence-corrected chi connectivity index (χ4v) is 2.29. The second-order valence-electron chi connectivity index (χ2n) is 7.22. The van der Waals surface area contributed by atoms with Crippen molar-refractivity contribution in [3.63, 3.8) is 0 Å². The molecule has 1 aliphatic carbocycles. The van der Waals surface area contributed by atoms with Crippen LogP contribution in [0.5, 0.6) is 0 Å². The van der Waals surface area contributed by atoms with E-state index in [1.165, 1.54) is 12.8 Å². The van der Waals surface area contributed by atoms with E-state index in [0.717, 1.165) is 0 Å². The minimum absolute atomic E-state index is 0.0111. The first-order valence-corrected chi connectivity index (χ1v) is 7.51. The molecule has 1 aromatic heterocycles. The molecule has 2 rings (SSSR count). The van der Waals surface area contributed by atoms with Crippen molar-refractivity contribution in [2.75, 3.05) is 13.7 Å². The molecule has 5 heteroatoms. The first kappa shape index (κ1) is 16.2. The van der Waals surface area contributed by atoms with Crippen LogP contribution in [0.3, 0.4) is 0 Å². The lowest BCUT2D eigenvalue weighted by atomic mass is 9.89. The molecule has 118 valence electrons. The van der Waals surface area contributed by atoms with Gasteiger partial charge in [-0.2, -0.15) is 0 Å². The number of nitrogens with zero attached hydrogens (tertiary/aromatic N) is 2. The van der Waals surface area contributed by atoms with Crippen molar-refractivity contribution in [1.29, 1.82) is 0 Å². The Morgan fingerprint density at radius 2 is 2.05 bits per heavy atom. The molecule has 1 fully saturated rings. The molecule has 0 spiro atoms. The maximum Gasteiger partial charge on any atom is 0.160 e. The van der Waals surface area contributed by atoms with Crippen LogP contribution in [0, 0.1) is 0 Å². The zero-order valence-electron chi connectivity index (χ0n) is 13.6. The van der Waals surface area contributed by atoms with Gasteiger partial charge < -0.3 is 9.63 Å². The van der Waals surface area contributed by atoms with E-state index < -0.39 is 11.0 Å². The van der Waals surface area contributed by atoms with E-state index in [-0.39, 0.29) is 18.8 Å². The van der Waals surface area contributed by atoms with Crippen LogP contribution >= 0.6 is 0 Å². The number of carbonyl (C=O) groups is 1. The average Bonchev–Trinajstić information content (AvgIpc) is 3.17. The van der Waals surface area contributed by atoms with Gasteiger partial charge in [0.15, 0.2) is 5.78 Å². The summed E-state index contributed by atoms with van der Waals surface area (Å²) in [4.78, 5) is 14.7. The van der Waals surface area contributed by atoms with E-state index in [2.05, 4.69) is 10.1 Å². The third-order valence-corrected chi connectivity index (χ3v) is 4.64. The topological polar surface area (TPSA) is 66.6 Å². The van der Waals surface area contributed by atoms with Crippen LogP contribution in [0.15, 0.2) is 10.6 Å². The lowest BCUT2D eigenvalue weighted by Gasteiger charge is -2.34. The molecule has 1 heterocycles. The lowest BCUT2D eigenvalue weighted by molar-refractivity contribution is -0.128. The molecule has 21 heavy (non-hydrogen) atoms. The fourth-order valence-electron chi connectivity index (χ4n) is 2.29. The smallest absolute Gasteiger partial charge is 0.160 e. The maximum absolute atomic E-state index is 12.6. The molecule has 0 saturated heterocycles. The van der Waals surface area contributed by atoms with Gasteiger partial charge in [-0.25, -0.2) is 0 Å². The Balaban J connectivity index is 2.06. The highest BCUT2D eigenvalue weighted by molar-refractivity contribution is 5.89. The number of likely N-dealkylation sites (N-methyl/N-ethyl adjacent to an activating group) is 1. The van der Waals surface area contributed by atoms with Gasteiger partial charge in [-0.3, -0.25) is 9.69 Å². The Morgan fingerprint density at radius 1 is 1.43 bits per heavy atom. The SMILES string of the molecule is CN(C1CC1)C(C)(C)C(=O)Cc1cc(C(C)(C)CO)no1. The predicted molar refractivity (Wildman–Crippen MR) is 80.2 cm³/mol. The van der Waals surface area contributed by atoms with Crippen molar-refractivity contribution in [3.05, 3.63) is 17.5 Å². The summed E-state index contributed by atoms with van der Waals surface area (Å²) in [5, 5.41) is 13.3. The Hall–Kier alpha value is -1.20. The summed E-state index contributed by atoms with van der Waals surface area (Å²) in [6, 6.07) is 2.31. The van der Waals surface area contributed by atoms with Crippen molar-refractivity contribution >= 4 is 5.78 Å². The number of hydrogen-bond acceptors (Lipinski definition) is 5. The summed E-state index contributed by atoms with van der Waals surface area (Å²) >= 11 is 0. The van der Waals surface area contributed by atoms with Crippen LogP contribution in [0.25, 0.3) is 0 Å². The molecule has 0 bridgehead atoms. The van der Waals surface area contributed by atoms with Gasteiger partial charge in [0, 0.05) is 17.5 Å². The molecule has 1 N–H and O–H groups in total. The van der Waals surface area contributed by atoms with Gasteiger partial charge in [-0.1, -0.05) is 19.0 Å². The number of aliphatic hydroxyl groups excluding tert-OH is 1. The van der Waals surface area contributed by atoms with E-state index in [1.54, 1.807) is 6.07 Å². The molecule has 5 nitrogen and oxygen atoms in total. The van der Waals surface area contributed by atoms with Crippen molar-refractivity contribution < 1.29 is 14.4 Å². The highest BCUT2D eigenvalue weighted by atomic mass is 16.5. The number of hydrogen-bond donors (Lipinski definition) is 1. The molecule has 0 amide bonds. The molecule has 1 aliphatic rings. The van der Waals surface area contributed by atoms with Crippen molar-refractivity contribution in [3.8, 4) is 0 Å². The number of ketones is 1. The van der Waals surface area contributed by atoms with E-state index in [0.29, 0.717) is 17.5 Å². The predicted octanol–water partition coefficient (Wildman–Crippen LogP) is 1.93. The normalized spacial score (nSPS) is 16.5. The molecule has 0 atom stereocenters. The molecule has 0 aromatic carbocycles. The van der Waals surface area contributed by atoms with Crippen molar-refractivity contribution in [1.82, 2.24) is 10.1 Å². The van der Waals surface area contributed by atoms with Crippen LogP contribution in [-0.4, -0.2) is 46.2 Å². The minimum atomic E-state index is -0.499. The molecule has 0 radical (unpaired) electrons. The second-order valence-corrected chi connectivity index (χ2v) is 7.22. The molecule has 1 saturated carbocycles. The number of Topliss-reactive ketones (excluding diaryl/α,β-unsaturated/α-hetero) is 1. The zero-order valence-corrected chi connectivity index (χ0v) is 13.6. The zero-order chi connectivity index (χ0) is 15.8. The second kappa shape index (κ2) is 5.54. The molecular formula is C16H26N2O3. The highest BCUT2D eigenvalue weighted by Crippen LogP contribution is 2.32.